The first-order chi connectivity index (χ1) is 9.39. The Balaban J connectivity index is 2.78. The highest BCUT2D eigenvalue weighted by atomic mass is 32.2. The minimum atomic E-state index is -3.92. The van der Waals surface area contributed by atoms with Crippen LogP contribution in [0.25, 0.3) is 0 Å². The number of ether oxygens (including phenoxy) is 1. The lowest BCUT2D eigenvalue weighted by Gasteiger charge is -2.20. The summed E-state index contributed by atoms with van der Waals surface area (Å²) in [7, 11) is -3.92. The molecule has 1 aromatic rings. The molecule has 0 radical (unpaired) electrons. The summed E-state index contributed by atoms with van der Waals surface area (Å²) in [5.41, 5.74) is 6.94. The Morgan fingerprint density at radius 2 is 1.90 bits per heavy atom. The smallest absolute Gasteiger partial charge is 0.421 e. The van der Waals surface area contributed by atoms with Crippen molar-refractivity contribution in [1.82, 2.24) is 9.03 Å². The molecule has 0 unspecified atom stereocenters. The van der Waals surface area contributed by atoms with Crippen LogP contribution in [-0.4, -0.2) is 32.0 Å². The van der Waals surface area contributed by atoms with Crippen LogP contribution in [0.5, 0.6) is 0 Å². The summed E-state index contributed by atoms with van der Waals surface area (Å²) in [4.78, 5) is 11.2. The highest BCUT2D eigenvalue weighted by Gasteiger charge is 2.23. The van der Waals surface area contributed by atoms with Gasteiger partial charge < -0.3 is 10.5 Å². The molecule has 1 aromatic carbocycles. The zero-order valence-corrected chi connectivity index (χ0v) is 12.3. The van der Waals surface area contributed by atoms with Crippen LogP contribution in [0.2, 0.25) is 0 Å². The summed E-state index contributed by atoms with van der Waals surface area (Å²) in [5, 5.41) is 0. The van der Waals surface area contributed by atoms with Crippen molar-refractivity contribution in [2.45, 2.75) is 20.4 Å². The first-order valence-electron chi connectivity index (χ1n) is 6.18. The number of amides is 1. The maximum Gasteiger partial charge on any atom is 0.421 e. The van der Waals surface area contributed by atoms with Gasteiger partial charge in [0.1, 0.15) is 0 Å². The highest BCUT2D eigenvalue weighted by Crippen LogP contribution is 2.10. The van der Waals surface area contributed by atoms with Gasteiger partial charge in [-0.15, -0.1) is 0 Å². The van der Waals surface area contributed by atoms with Crippen molar-refractivity contribution in [2.24, 2.45) is 0 Å². The number of nitrogens with zero attached hydrogens (tertiary/aromatic N) is 1. The summed E-state index contributed by atoms with van der Waals surface area (Å²) < 4.78 is 31.6. The van der Waals surface area contributed by atoms with Gasteiger partial charge in [0.25, 0.3) is 0 Å². The van der Waals surface area contributed by atoms with Gasteiger partial charge in [-0.1, -0.05) is 19.1 Å². The van der Waals surface area contributed by atoms with Gasteiger partial charge in [-0.05, 0) is 24.6 Å². The first-order valence-corrected chi connectivity index (χ1v) is 7.62. The molecule has 0 aliphatic heterocycles. The number of nitrogens with two attached hydrogens (primary N) is 1. The lowest BCUT2D eigenvalue weighted by Crippen LogP contribution is -2.43. The van der Waals surface area contributed by atoms with E-state index in [0.29, 0.717) is 5.69 Å². The molecular formula is C12H19N3O4S. The molecule has 3 N–H and O–H groups in total. The lowest BCUT2D eigenvalue weighted by molar-refractivity contribution is 0.158. The van der Waals surface area contributed by atoms with E-state index >= 15 is 0 Å². The van der Waals surface area contributed by atoms with E-state index in [-0.39, 0.29) is 19.7 Å². The number of hydrogen-bond acceptors (Lipinski definition) is 5. The van der Waals surface area contributed by atoms with E-state index < -0.39 is 16.3 Å². The number of anilines is 1. The molecule has 0 atom stereocenters. The molecule has 0 aliphatic rings. The second kappa shape index (κ2) is 7.11. The van der Waals surface area contributed by atoms with Gasteiger partial charge in [-0.25, -0.2) is 9.52 Å². The van der Waals surface area contributed by atoms with E-state index in [0.717, 1.165) is 9.87 Å². The van der Waals surface area contributed by atoms with Crippen LogP contribution in [-0.2, 0) is 21.5 Å². The fraction of sp³-hybridized carbons (Fsp3) is 0.417. The summed E-state index contributed by atoms with van der Waals surface area (Å²) >= 11 is 0. The Kier molecular flexibility index (Phi) is 5.78. The SMILES string of the molecule is CCOC(=O)NS(=O)(=O)N(CC)Cc1ccc(N)cc1. The van der Waals surface area contributed by atoms with Crippen LogP contribution < -0.4 is 10.5 Å². The van der Waals surface area contributed by atoms with Gasteiger partial charge >= 0.3 is 16.3 Å². The minimum absolute atomic E-state index is 0.103. The number of nitrogen functional groups attached to an aromatic ring is 1. The van der Waals surface area contributed by atoms with Crippen molar-refractivity contribution >= 4 is 22.0 Å². The molecule has 0 saturated carbocycles. The van der Waals surface area contributed by atoms with Gasteiger partial charge in [0.2, 0.25) is 0 Å². The Morgan fingerprint density at radius 1 is 1.30 bits per heavy atom. The number of rotatable bonds is 6. The van der Waals surface area contributed by atoms with E-state index in [1.165, 1.54) is 0 Å². The van der Waals surface area contributed by atoms with E-state index in [9.17, 15) is 13.2 Å². The normalized spacial score (nSPS) is 11.3. The van der Waals surface area contributed by atoms with Crippen LogP contribution >= 0.6 is 0 Å². The van der Waals surface area contributed by atoms with E-state index in [1.54, 1.807) is 38.1 Å². The van der Waals surface area contributed by atoms with Crippen molar-refractivity contribution < 1.29 is 17.9 Å². The van der Waals surface area contributed by atoms with Crippen LogP contribution in [0.15, 0.2) is 24.3 Å². The standard InChI is InChI=1S/C12H19N3O4S/c1-3-15(9-10-5-7-11(13)8-6-10)20(17,18)14-12(16)19-4-2/h5-8H,3-4,9,13H2,1-2H3,(H,14,16). The molecular weight excluding hydrogens is 282 g/mol. The van der Waals surface area contributed by atoms with Gasteiger partial charge in [0.05, 0.1) is 6.61 Å². The minimum Gasteiger partial charge on any atom is -0.449 e. The van der Waals surface area contributed by atoms with Crippen LogP contribution in [0, 0.1) is 0 Å². The Labute approximate surface area is 118 Å². The maximum absolute atomic E-state index is 12.0. The van der Waals surface area contributed by atoms with E-state index in [4.69, 9.17) is 5.73 Å². The van der Waals surface area contributed by atoms with Crippen molar-refractivity contribution in [3.8, 4) is 0 Å². The third-order valence-electron chi connectivity index (χ3n) is 2.52. The van der Waals surface area contributed by atoms with E-state index in [1.807, 2.05) is 4.72 Å². The predicted octanol–water partition coefficient (Wildman–Crippen LogP) is 1.08. The molecule has 0 heterocycles. The zero-order chi connectivity index (χ0) is 15.2. The summed E-state index contributed by atoms with van der Waals surface area (Å²) in [6.45, 7) is 3.75. The number of carbonyl (C=O) groups is 1. The fourth-order valence-corrected chi connectivity index (χ4v) is 2.58. The van der Waals surface area contributed by atoms with Crippen molar-refractivity contribution in [3.05, 3.63) is 29.8 Å². The van der Waals surface area contributed by atoms with Crippen molar-refractivity contribution in [1.29, 1.82) is 0 Å². The molecule has 1 rings (SSSR count). The second-order valence-electron chi connectivity index (χ2n) is 4.00. The monoisotopic (exact) mass is 301 g/mol. The number of benzene rings is 1. The second-order valence-corrected chi connectivity index (χ2v) is 5.67. The Bertz CT molecular complexity index is 542. The Hall–Kier alpha value is -1.80. The quantitative estimate of drug-likeness (QED) is 0.766. The molecule has 0 saturated heterocycles. The average molecular weight is 301 g/mol. The Morgan fingerprint density at radius 3 is 2.40 bits per heavy atom. The molecule has 0 fully saturated rings. The molecule has 0 spiro atoms. The first kappa shape index (κ1) is 16.3. The summed E-state index contributed by atoms with van der Waals surface area (Å²) in [6.07, 6.45) is -0.983. The maximum atomic E-state index is 12.0. The third kappa shape index (κ3) is 4.71. The topological polar surface area (TPSA) is 102 Å². The zero-order valence-electron chi connectivity index (χ0n) is 11.5. The molecule has 7 nitrogen and oxygen atoms in total. The van der Waals surface area contributed by atoms with Gasteiger partial charge in [0, 0.05) is 18.8 Å². The molecule has 8 heteroatoms. The summed E-state index contributed by atoms with van der Waals surface area (Å²) in [5.74, 6) is 0. The van der Waals surface area contributed by atoms with Gasteiger partial charge in [-0.2, -0.15) is 12.7 Å². The third-order valence-corrected chi connectivity index (χ3v) is 4.01. The molecule has 112 valence electrons. The predicted molar refractivity (Wildman–Crippen MR) is 76.0 cm³/mol. The van der Waals surface area contributed by atoms with Gasteiger partial charge in [-0.3, -0.25) is 0 Å². The largest absolute Gasteiger partial charge is 0.449 e. The van der Waals surface area contributed by atoms with Crippen LogP contribution in [0.1, 0.15) is 19.4 Å². The van der Waals surface area contributed by atoms with Crippen LogP contribution in [0.4, 0.5) is 10.5 Å². The summed E-state index contributed by atoms with van der Waals surface area (Å²) in [6, 6.07) is 6.85. The van der Waals surface area contributed by atoms with Crippen LogP contribution in [0.3, 0.4) is 0 Å². The molecule has 0 aliphatic carbocycles. The van der Waals surface area contributed by atoms with Crippen molar-refractivity contribution in [3.63, 3.8) is 0 Å². The highest BCUT2D eigenvalue weighted by molar-refractivity contribution is 7.87. The number of hydrogen-bond donors (Lipinski definition) is 2. The molecule has 0 aromatic heterocycles. The molecule has 1 amide bonds. The molecule has 0 bridgehead atoms. The number of nitrogens with one attached hydrogen (secondary N) is 1. The van der Waals surface area contributed by atoms with E-state index in [2.05, 4.69) is 4.74 Å². The molecule has 20 heavy (non-hydrogen) atoms. The fourth-order valence-electron chi connectivity index (χ4n) is 1.52. The van der Waals surface area contributed by atoms with Crippen molar-refractivity contribution in [2.75, 3.05) is 18.9 Å². The average Bonchev–Trinajstić information content (AvgIpc) is 2.37. The van der Waals surface area contributed by atoms with Gasteiger partial charge in [0.15, 0.2) is 0 Å². The lowest BCUT2D eigenvalue weighted by atomic mass is 10.2. The number of carbonyl (C=O) groups excluding carboxylic acids is 1.